The average Bonchev–Trinajstić information content (AvgIpc) is 2.96. The van der Waals surface area contributed by atoms with E-state index in [0.717, 1.165) is 27.9 Å². The van der Waals surface area contributed by atoms with Gasteiger partial charge in [-0.2, -0.15) is 5.26 Å². The lowest BCUT2D eigenvalue weighted by atomic mass is 10.1. The molecular weight excluding hydrogens is 280 g/mol. The van der Waals surface area contributed by atoms with Crippen molar-refractivity contribution in [1.82, 2.24) is 9.97 Å². The lowest BCUT2D eigenvalue weighted by Gasteiger charge is -2.02. The van der Waals surface area contributed by atoms with E-state index in [4.69, 9.17) is 5.26 Å². The molecular formula is C16H12N4S. The van der Waals surface area contributed by atoms with Crippen LogP contribution in [-0.2, 0) is 0 Å². The zero-order chi connectivity index (χ0) is 14.7. The molecule has 3 aromatic rings. The lowest BCUT2D eigenvalue weighted by Crippen LogP contribution is -1.93. The van der Waals surface area contributed by atoms with E-state index in [1.165, 1.54) is 11.3 Å². The number of nitriles is 1. The summed E-state index contributed by atoms with van der Waals surface area (Å²) in [4.78, 5) is 8.94. The molecule has 1 N–H and O–H groups in total. The van der Waals surface area contributed by atoms with Crippen molar-refractivity contribution in [2.75, 3.05) is 5.32 Å². The second-order valence-corrected chi connectivity index (χ2v) is 5.37. The predicted molar refractivity (Wildman–Crippen MR) is 84.5 cm³/mol. The molecule has 0 spiro atoms. The topological polar surface area (TPSA) is 61.6 Å². The quantitative estimate of drug-likeness (QED) is 0.788. The molecule has 0 bridgehead atoms. The molecule has 0 saturated carbocycles. The number of hydrogen-bond donors (Lipinski definition) is 1. The van der Waals surface area contributed by atoms with Crippen LogP contribution in [0.5, 0.6) is 0 Å². The van der Waals surface area contributed by atoms with Crippen molar-refractivity contribution in [3.05, 3.63) is 59.1 Å². The Hall–Kier alpha value is -2.71. The van der Waals surface area contributed by atoms with Crippen molar-refractivity contribution >= 4 is 22.3 Å². The summed E-state index contributed by atoms with van der Waals surface area (Å²) in [6.45, 7) is 1.95. The number of hydrogen-bond acceptors (Lipinski definition) is 5. The van der Waals surface area contributed by atoms with Crippen molar-refractivity contribution in [2.45, 2.75) is 6.92 Å². The maximum atomic E-state index is 8.81. The lowest BCUT2D eigenvalue weighted by molar-refractivity contribution is 1.19. The van der Waals surface area contributed by atoms with Gasteiger partial charge in [0.1, 0.15) is 5.82 Å². The van der Waals surface area contributed by atoms with E-state index < -0.39 is 0 Å². The van der Waals surface area contributed by atoms with E-state index >= 15 is 0 Å². The van der Waals surface area contributed by atoms with Gasteiger partial charge < -0.3 is 5.32 Å². The molecule has 0 aliphatic heterocycles. The standard InChI is InChI=1S/C16H12N4S/c1-11-3-2-4-15(18-11)20-16-19-14(10-21-16)13-7-5-12(9-17)6-8-13/h2-8,10H,1H3,(H,18,19,20). The van der Waals surface area contributed by atoms with E-state index in [9.17, 15) is 0 Å². The van der Waals surface area contributed by atoms with E-state index in [-0.39, 0.29) is 0 Å². The van der Waals surface area contributed by atoms with Crippen LogP contribution in [0.15, 0.2) is 47.8 Å². The number of benzene rings is 1. The molecule has 0 fully saturated rings. The van der Waals surface area contributed by atoms with E-state index in [0.29, 0.717) is 5.56 Å². The van der Waals surface area contributed by atoms with Gasteiger partial charge in [-0.3, -0.25) is 0 Å². The molecule has 1 aromatic carbocycles. The Bertz CT molecular complexity index is 800. The third kappa shape index (κ3) is 3.07. The molecule has 0 aliphatic rings. The van der Waals surface area contributed by atoms with Gasteiger partial charge >= 0.3 is 0 Å². The first-order valence-electron chi connectivity index (χ1n) is 6.41. The molecule has 4 nitrogen and oxygen atoms in total. The van der Waals surface area contributed by atoms with Gasteiger partial charge in [-0.15, -0.1) is 11.3 Å². The molecule has 21 heavy (non-hydrogen) atoms. The molecule has 5 heteroatoms. The van der Waals surface area contributed by atoms with Gasteiger partial charge in [-0.1, -0.05) is 18.2 Å². The molecule has 2 heterocycles. The highest BCUT2D eigenvalue weighted by Gasteiger charge is 2.05. The largest absolute Gasteiger partial charge is 0.316 e. The first-order valence-corrected chi connectivity index (χ1v) is 7.29. The van der Waals surface area contributed by atoms with E-state index in [1.807, 2.05) is 42.6 Å². The molecule has 0 saturated heterocycles. The fourth-order valence-corrected chi connectivity index (χ4v) is 2.63. The summed E-state index contributed by atoms with van der Waals surface area (Å²) in [6, 6.07) is 15.3. The Morgan fingerprint density at radius 3 is 2.62 bits per heavy atom. The number of aryl methyl sites for hydroxylation is 1. The molecule has 2 aromatic heterocycles. The minimum Gasteiger partial charge on any atom is -0.316 e. The maximum absolute atomic E-state index is 8.81. The van der Waals surface area contributed by atoms with E-state index in [1.54, 1.807) is 12.1 Å². The van der Waals surface area contributed by atoms with Crippen LogP contribution in [0.2, 0.25) is 0 Å². The smallest absolute Gasteiger partial charge is 0.188 e. The molecule has 102 valence electrons. The average molecular weight is 292 g/mol. The zero-order valence-corrected chi connectivity index (χ0v) is 12.2. The summed E-state index contributed by atoms with van der Waals surface area (Å²) in [5, 5.41) is 14.8. The van der Waals surface area contributed by atoms with Crippen LogP contribution in [0.4, 0.5) is 10.9 Å². The molecule has 0 aliphatic carbocycles. The monoisotopic (exact) mass is 292 g/mol. The van der Waals surface area contributed by atoms with Gasteiger partial charge in [0.2, 0.25) is 0 Å². The van der Waals surface area contributed by atoms with E-state index in [2.05, 4.69) is 21.4 Å². The molecule has 0 unspecified atom stereocenters. The predicted octanol–water partition coefficient (Wildman–Crippen LogP) is 4.13. The van der Waals surface area contributed by atoms with Crippen LogP contribution in [-0.4, -0.2) is 9.97 Å². The number of thiazole rings is 1. The van der Waals surface area contributed by atoms with Crippen molar-refractivity contribution < 1.29 is 0 Å². The molecule has 0 atom stereocenters. The number of anilines is 2. The van der Waals surface area contributed by atoms with Crippen molar-refractivity contribution in [3.8, 4) is 17.3 Å². The third-order valence-corrected chi connectivity index (χ3v) is 3.69. The number of aromatic nitrogens is 2. The number of rotatable bonds is 3. The van der Waals surface area contributed by atoms with Gasteiger partial charge in [-0.25, -0.2) is 9.97 Å². The van der Waals surface area contributed by atoms with Crippen LogP contribution in [0.3, 0.4) is 0 Å². The van der Waals surface area contributed by atoms with Gasteiger partial charge in [0.05, 0.1) is 17.3 Å². The number of nitrogens with one attached hydrogen (secondary N) is 1. The highest BCUT2D eigenvalue weighted by Crippen LogP contribution is 2.26. The van der Waals surface area contributed by atoms with Crippen LogP contribution >= 0.6 is 11.3 Å². The van der Waals surface area contributed by atoms with Crippen molar-refractivity contribution in [2.24, 2.45) is 0 Å². The van der Waals surface area contributed by atoms with Crippen LogP contribution in [0, 0.1) is 18.3 Å². The minimum atomic E-state index is 0.649. The van der Waals surface area contributed by atoms with Gasteiger partial charge in [0, 0.05) is 16.6 Å². The van der Waals surface area contributed by atoms with Crippen molar-refractivity contribution in [3.63, 3.8) is 0 Å². The second-order valence-electron chi connectivity index (χ2n) is 4.52. The SMILES string of the molecule is Cc1cccc(Nc2nc(-c3ccc(C#N)cc3)cs2)n1. The second kappa shape index (κ2) is 5.73. The molecule has 3 rings (SSSR count). The Balaban J connectivity index is 1.81. The summed E-state index contributed by atoms with van der Waals surface area (Å²) < 4.78 is 0. The minimum absolute atomic E-state index is 0.649. The third-order valence-electron chi connectivity index (χ3n) is 2.94. The Labute approximate surface area is 126 Å². The number of pyridine rings is 1. The Morgan fingerprint density at radius 1 is 1.10 bits per heavy atom. The van der Waals surface area contributed by atoms with Gasteiger partial charge in [0.15, 0.2) is 5.13 Å². The first-order chi connectivity index (χ1) is 10.2. The molecule has 0 radical (unpaired) electrons. The maximum Gasteiger partial charge on any atom is 0.188 e. The highest BCUT2D eigenvalue weighted by atomic mass is 32.1. The summed E-state index contributed by atoms with van der Waals surface area (Å²) in [5.74, 6) is 0.788. The summed E-state index contributed by atoms with van der Waals surface area (Å²) >= 11 is 1.53. The Kier molecular flexibility index (Phi) is 3.63. The van der Waals surface area contributed by atoms with Gasteiger partial charge in [0.25, 0.3) is 0 Å². The summed E-state index contributed by atoms with van der Waals surface area (Å²) in [7, 11) is 0. The fraction of sp³-hybridized carbons (Fsp3) is 0.0625. The number of nitrogens with zero attached hydrogens (tertiary/aromatic N) is 3. The summed E-state index contributed by atoms with van der Waals surface area (Å²) in [5.41, 5.74) is 3.50. The Morgan fingerprint density at radius 2 is 1.90 bits per heavy atom. The van der Waals surface area contributed by atoms with Crippen LogP contribution < -0.4 is 5.32 Å². The first kappa shape index (κ1) is 13.3. The molecule has 0 amide bonds. The summed E-state index contributed by atoms with van der Waals surface area (Å²) in [6.07, 6.45) is 0. The van der Waals surface area contributed by atoms with Crippen LogP contribution in [0.25, 0.3) is 11.3 Å². The highest BCUT2D eigenvalue weighted by molar-refractivity contribution is 7.14. The zero-order valence-electron chi connectivity index (χ0n) is 11.4. The van der Waals surface area contributed by atoms with Gasteiger partial charge in [-0.05, 0) is 31.2 Å². The van der Waals surface area contributed by atoms with Crippen LogP contribution in [0.1, 0.15) is 11.3 Å². The van der Waals surface area contributed by atoms with Crippen molar-refractivity contribution in [1.29, 1.82) is 5.26 Å². The fourth-order valence-electron chi connectivity index (χ4n) is 1.90. The normalized spacial score (nSPS) is 10.1.